The van der Waals surface area contributed by atoms with Crippen molar-refractivity contribution >= 4 is 18.2 Å². The molecule has 6 heteroatoms. The first-order chi connectivity index (χ1) is 12.6. The van der Waals surface area contributed by atoms with Crippen molar-refractivity contribution in [3.63, 3.8) is 0 Å². The molecule has 0 aromatic heterocycles. The van der Waals surface area contributed by atoms with Crippen LogP contribution in [-0.4, -0.2) is 52.2 Å². The van der Waals surface area contributed by atoms with Gasteiger partial charge >= 0.3 is 0 Å². The zero-order chi connectivity index (χ0) is 20.2. The van der Waals surface area contributed by atoms with E-state index in [0.717, 1.165) is 18.4 Å². The molecule has 1 aliphatic rings. The normalized spacial score (nSPS) is 23.3. The molecule has 1 aliphatic heterocycles. The molecule has 148 valence electrons. The van der Waals surface area contributed by atoms with Gasteiger partial charge in [0.15, 0.2) is 5.54 Å². The molecule has 1 aromatic carbocycles. The number of carbonyl (C=O) groups is 3. The minimum atomic E-state index is -1.58. The van der Waals surface area contributed by atoms with E-state index in [1.807, 2.05) is 51.1 Å². The number of benzene rings is 1. The van der Waals surface area contributed by atoms with Gasteiger partial charge in [-0.05, 0) is 39.7 Å². The Labute approximate surface area is 161 Å². The average molecular weight is 373 g/mol. The van der Waals surface area contributed by atoms with Crippen LogP contribution in [0.3, 0.4) is 0 Å². The molecule has 1 heterocycles. The van der Waals surface area contributed by atoms with E-state index in [-0.39, 0.29) is 11.9 Å². The molecule has 1 fully saturated rings. The highest BCUT2D eigenvalue weighted by Crippen LogP contribution is 2.35. The molecule has 2 rings (SSSR count). The van der Waals surface area contributed by atoms with Gasteiger partial charge in [0, 0.05) is 18.6 Å². The Morgan fingerprint density at radius 1 is 1.30 bits per heavy atom. The highest BCUT2D eigenvalue weighted by atomic mass is 16.2. The lowest BCUT2D eigenvalue weighted by molar-refractivity contribution is -0.167. The first-order valence-electron chi connectivity index (χ1n) is 9.55. The lowest BCUT2D eigenvalue weighted by Gasteiger charge is -2.50. The summed E-state index contributed by atoms with van der Waals surface area (Å²) in [7, 11) is 0. The summed E-state index contributed by atoms with van der Waals surface area (Å²) in [6.45, 7) is 10.2. The lowest BCUT2D eigenvalue weighted by atomic mass is 9.87. The van der Waals surface area contributed by atoms with E-state index >= 15 is 0 Å². The Bertz CT molecular complexity index is 684. The van der Waals surface area contributed by atoms with Gasteiger partial charge in [0.2, 0.25) is 6.41 Å². The van der Waals surface area contributed by atoms with Crippen molar-refractivity contribution in [2.75, 3.05) is 13.1 Å². The predicted octanol–water partition coefficient (Wildman–Crippen LogP) is 2.50. The maximum absolute atomic E-state index is 13.3. The standard InChI is InChI=1S/C21H31N3O3/c1-6-7-13-23-14-17(16-11-9-8-10-12-16)24(15-25)21(5,19(23)27)18(26)22-20(2,3)4/h8-12,15,17H,6-7,13-14H2,1-5H3,(H,22,26)/t17-,21+/m1/s1. The lowest BCUT2D eigenvalue weighted by Crippen LogP contribution is -2.71. The zero-order valence-corrected chi connectivity index (χ0v) is 17.0. The first-order valence-corrected chi connectivity index (χ1v) is 9.55. The van der Waals surface area contributed by atoms with Crippen LogP contribution in [0.1, 0.15) is 59.1 Å². The summed E-state index contributed by atoms with van der Waals surface area (Å²) in [5.41, 5.74) is -1.18. The fourth-order valence-electron chi connectivity index (χ4n) is 3.45. The van der Waals surface area contributed by atoms with Gasteiger partial charge in [0.1, 0.15) is 0 Å². The number of piperazine rings is 1. The van der Waals surface area contributed by atoms with Crippen LogP contribution in [0.2, 0.25) is 0 Å². The van der Waals surface area contributed by atoms with Gasteiger partial charge in [-0.3, -0.25) is 14.4 Å². The number of carbonyl (C=O) groups excluding carboxylic acids is 3. The second-order valence-electron chi connectivity index (χ2n) is 8.32. The molecule has 3 amide bonds. The van der Waals surface area contributed by atoms with Gasteiger partial charge in [0.05, 0.1) is 6.04 Å². The molecular weight excluding hydrogens is 342 g/mol. The Balaban J connectivity index is 2.50. The smallest absolute Gasteiger partial charge is 0.258 e. The molecule has 0 radical (unpaired) electrons. The number of nitrogens with zero attached hydrogens (tertiary/aromatic N) is 2. The van der Waals surface area contributed by atoms with E-state index in [1.165, 1.54) is 4.90 Å². The van der Waals surface area contributed by atoms with Crippen molar-refractivity contribution in [2.45, 2.75) is 64.6 Å². The number of nitrogens with one attached hydrogen (secondary N) is 1. The zero-order valence-electron chi connectivity index (χ0n) is 17.0. The number of rotatable bonds is 6. The van der Waals surface area contributed by atoms with Gasteiger partial charge < -0.3 is 15.1 Å². The predicted molar refractivity (Wildman–Crippen MR) is 105 cm³/mol. The summed E-state index contributed by atoms with van der Waals surface area (Å²) in [5.74, 6) is -0.772. The summed E-state index contributed by atoms with van der Waals surface area (Å²) in [5, 5.41) is 2.89. The third-order valence-corrected chi connectivity index (χ3v) is 4.96. The van der Waals surface area contributed by atoms with E-state index in [0.29, 0.717) is 19.5 Å². The van der Waals surface area contributed by atoms with Crippen LogP contribution in [0.15, 0.2) is 30.3 Å². The Morgan fingerprint density at radius 3 is 2.44 bits per heavy atom. The van der Waals surface area contributed by atoms with Gasteiger partial charge in [0.25, 0.3) is 11.8 Å². The molecule has 27 heavy (non-hydrogen) atoms. The third-order valence-electron chi connectivity index (χ3n) is 4.96. The fraction of sp³-hybridized carbons (Fsp3) is 0.571. The first kappa shape index (κ1) is 20.9. The SMILES string of the molecule is CCCCN1C[C@H](c2ccccc2)N(C=O)[C@@](C)(C(=O)NC(C)(C)C)C1=O. The molecule has 0 spiro atoms. The second kappa shape index (κ2) is 8.11. The molecule has 0 unspecified atom stereocenters. The van der Waals surface area contributed by atoms with E-state index in [1.54, 1.807) is 11.8 Å². The third kappa shape index (κ3) is 4.31. The van der Waals surface area contributed by atoms with E-state index < -0.39 is 17.0 Å². The number of unbranched alkanes of at least 4 members (excludes halogenated alkanes) is 1. The summed E-state index contributed by atoms with van der Waals surface area (Å²) in [6, 6.07) is 9.20. The van der Waals surface area contributed by atoms with Gasteiger partial charge in [-0.15, -0.1) is 0 Å². The minimum absolute atomic E-state index is 0.322. The van der Waals surface area contributed by atoms with Crippen LogP contribution < -0.4 is 5.32 Å². The van der Waals surface area contributed by atoms with Crippen LogP contribution in [0.4, 0.5) is 0 Å². The van der Waals surface area contributed by atoms with E-state index in [2.05, 4.69) is 12.2 Å². The maximum Gasteiger partial charge on any atom is 0.258 e. The second-order valence-corrected chi connectivity index (χ2v) is 8.32. The average Bonchev–Trinajstić information content (AvgIpc) is 2.62. The number of amides is 3. The van der Waals surface area contributed by atoms with Crippen LogP contribution in [-0.2, 0) is 14.4 Å². The summed E-state index contributed by atoms with van der Waals surface area (Å²) in [6.07, 6.45) is 2.43. The van der Waals surface area contributed by atoms with Crippen molar-refractivity contribution in [3.05, 3.63) is 35.9 Å². The molecule has 2 atom stereocenters. The van der Waals surface area contributed by atoms with Crippen molar-refractivity contribution < 1.29 is 14.4 Å². The maximum atomic E-state index is 13.3. The molecule has 1 saturated heterocycles. The summed E-state index contributed by atoms with van der Waals surface area (Å²) in [4.78, 5) is 41.6. The van der Waals surface area contributed by atoms with Crippen molar-refractivity contribution in [1.82, 2.24) is 15.1 Å². The monoisotopic (exact) mass is 373 g/mol. The minimum Gasteiger partial charge on any atom is -0.349 e. The van der Waals surface area contributed by atoms with E-state index in [9.17, 15) is 14.4 Å². The molecular formula is C21H31N3O3. The van der Waals surface area contributed by atoms with Crippen LogP contribution in [0.5, 0.6) is 0 Å². The van der Waals surface area contributed by atoms with Crippen LogP contribution in [0.25, 0.3) is 0 Å². The summed E-state index contributed by atoms with van der Waals surface area (Å²) >= 11 is 0. The Hall–Kier alpha value is -2.37. The quantitative estimate of drug-likeness (QED) is 0.615. The van der Waals surface area contributed by atoms with Crippen molar-refractivity contribution in [3.8, 4) is 0 Å². The molecule has 0 saturated carbocycles. The van der Waals surface area contributed by atoms with E-state index in [4.69, 9.17) is 0 Å². The van der Waals surface area contributed by atoms with Crippen LogP contribution >= 0.6 is 0 Å². The molecule has 6 nitrogen and oxygen atoms in total. The fourth-order valence-corrected chi connectivity index (χ4v) is 3.45. The number of hydrogen-bond acceptors (Lipinski definition) is 3. The highest BCUT2D eigenvalue weighted by Gasteiger charge is 2.55. The van der Waals surface area contributed by atoms with Crippen molar-refractivity contribution in [2.24, 2.45) is 0 Å². The molecule has 1 N–H and O–H groups in total. The highest BCUT2D eigenvalue weighted by molar-refractivity contribution is 6.11. The topological polar surface area (TPSA) is 69.7 Å². The molecule has 0 bridgehead atoms. The van der Waals surface area contributed by atoms with Crippen molar-refractivity contribution in [1.29, 1.82) is 0 Å². The summed E-state index contributed by atoms with van der Waals surface area (Å²) < 4.78 is 0. The largest absolute Gasteiger partial charge is 0.349 e. The Morgan fingerprint density at radius 2 is 1.93 bits per heavy atom. The Kier molecular flexibility index (Phi) is 6.29. The van der Waals surface area contributed by atoms with Crippen LogP contribution in [0, 0.1) is 0 Å². The van der Waals surface area contributed by atoms with Gasteiger partial charge in [-0.1, -0.05) is 43.7 Å². The molecule has 1 aromatic rings. The molecule has 0 aliphatic carbocycles. The van der Waals surface area contributed by atoms with Gasteiger partial charge in [-0.2, -0.15) is 0 Å². The van der Waals surface area contributed by atoms with Gasteiger partial charge in [-0.25, -0.2) is 0 Å². The number of hydrogen-bond donors (Lipinski definition) is 1.